The molecule has 0 saturated carbocycles. The standard InChI is InChI=1S/C24H25ClN4O6/c1-3-19(30)10-16-6-9-18(11-20(16)31)26-22-27-23(34)29(12-14(2)21(32)33)24(35)28(22)13-15-4-7-17(25)8-5-15/h4-9,11,14,31H,3,10,12-13H2,1-2H3,(H,32,33)(H,26,27,34)/t14-/m0/s1. The fraction of sp³-hybridized carbons (Fsp3) is 0.292. The molecule has 0 aliphatic carbocycles. The number of anilines is 2. The van der Waals surface area contributed by atoms with Crippen molar-refractivity contribution < 1.29 is 19.8 Å². The maximum absolute atomic E-state index is 13.2. The number of carboxylic acids is 1. The molecule has 11 heteroatoms. The van der Waals surface area contributed by atoms with Crippen LogP contribution in [0.5, 0.6) is 5.75 Å². The van der Waals surface area contributed by atoms with E-state index in [0.29, 0.717) is 28.3 Å². The Balaban J connectivity index is 2.04. The summed E-state index contributed by atoms with van der Waals surface area (Å²) in [6, 6.07) is 11.3. The van der Waals surface area contributed by atoms with Crippen molar-refractivity contribution in [1.29, 1.82) is 0 Å². The second-order valence-electron chi connectivity index (χ2n) is 8.10. The minimum absolute atomic E-state index is 0.0160. The largest absolute Gasteiger partial charge is 0.508 e. The Kier molecular flexibility index (Phi) is 8.08. The van der Waals surface area contributed by atoms with Gasteiger partial charge in [0.15, 0.2) is 0 Å². The number of carboxylic acid groups (broad SMARTS) is 1. The van der Waals surface area contributed by atoms with Gasteiger partial charge >= 0.3 is 17.3 Å². The monoisotopic (exact) mass is 500 g/mol. The van der Waals surface area contributed by atoms with E-state index >= 15 is 0 Å². The van der Waals surface area contributed by atoms with Crippen molar-refractivity contribution in [3.63, 3.8) is 0 Å². The molecule has 10 nitrogen and oxygen atoms in total. The van der Waals surface area contributed by atoms with Crippen LogP contribution in [-0.2, 0) is 29.1 Å². The van der Waals surface area contributed by atoms with Crippen LogP contribution in [0.1, 0.15) is 31.4 Å². The summed E-state index contributed by atoms with van der Waals surface area (Å²) in [6.07, 6.45) is 0.428. The molecule has 0 radical (unpaired) electrons. The average molecular weight is 501 g/mol. The van der Waals surface area contributed by atoms with E-state index in [1.165, 1.54) is 17.6 Å². The Labute approximate surface area is 205 Å². The van der Waals surface area contributed by atoms with E-state index in [0.717, 1.165) is 4.57 Å². The van der Waals surface area contributed by atoms with Crippen LogP contribution in [0.4, 0.5) is 11.6 Å². The summed E-state index contributed by atoms with van der Waals surface area (Å²) in [5.74, 6) is -2.38. The summed E-state index contributed by atoms with van der Waals surface area (Å²) in [4.78, 5) is 52.8. The number of ketones is 1. The first-order chi connectivity index (χ1) is 16.6. The van der Waals surface area contributed by atoms with Crippen molar-refractivity contribution in [2.45, 2.75) is 39.8 Å². The van der Waals surface area contributed by atoms with E-state index in [4.69, 9.17) is 11.6 Å². The van der Waals surface area contributed by atoms with E-state index in [2.05, 4.69) is 10.3 Å². The molecule has 0 amide bonds. The lowest BCUT2D eigenvalue weighted by molar-refractivity contribution is -0.141. The van der Waals surface area contributed by atoms with Gasteiger partial charge < -0.3 is 15.5 Å². The molecule has 1 aromatic heterocycles. The molecule has 3 rings (SSSR count). The van der Waals surface area contributed by atoms with Crippen LogP contribution in [0, 0.1) is 5.92 Å². The number of aliphatic carboxylic acids is 1. The maximum Gasteiger partial charge on any atom is 0.354 e. The third kappa shape index (κ3) is 6.36. The zero-order chi connectivity index (χ0) is 25.7. The summed E-state index contributed by atoms with van der Waals surface area (Å²) in [7, 11) is 0. The van der Waals surface area contributed by atoms with Gasteiger partial charge in [-0.3, -0.25) is 14.2 Å². The molecule has 0 aliphatic rings. The van der Waals surface area contributed by atoms with Gasteiger partial charge in [0.1, 0.15) is 11.5 Å². The molecule has 0 unspecified atom stereocenters. The highest BCUT2D eigenvalue weighted by molar-refractivity contribution is 6.30. The number of carbonyl (C=O) groups excluding carboxylic acids is 1. The third-order valence-corrected chi connectivity index (χ3v) is 5.66. The molecule has 3 aromatic rings. The second-order valence-corrected chi connectivity index (χ2v) is 8.54. The van der Waals surface area contributed by atoms with Crippen LogP contribution in [0.25, 0.3) is 0 Å². The van der Waals surface area contributed by atoms with Crippen molar-refractivity contribution >= 4 is 35.0 Å². The van der Waals surface area contributed by atoms with Crippen LogP contribution in [0.15, 0.2) is 52.1 Å². The first kappa shape index (κ1) is 25.7. The number of phenolic OH excluding ortho intramolecular Hbond substituents is 1. The number of nitrogens with one attached hydrogen (secondary N) is 1. The van der Waals surface area contributed by atoms with E-state index in [1.54, 1.807) is 43.3 Å². The number of benzene rings is 2. The molecule has 2 aromatic carbocycles. The number of carbonyl (C=O) groups is 2. The molecule has 0 saturated heterocycles. The average Bonchev–Trinajstić information content (AvgIpc) is 2.81. The minimum Gasteiger partial charge on any atom is -0.508 e. The molecular weight excluding hydrogens is 476 g/mol. The third-order valence-electron chi connectivity index (χ3n) is 5.41. The SMILES string of the molecule is CCC(=O)Cc1ccc(Nc2nc(=O)n(C[C@H](C)C(=O)O)c(=O)n2Cc2ccc(Cl)cc2)cc1O. The summed E-state index contributed by atoms with van der Waals surface area (Å²) in [6.45, 7) is 2.79. The number of hydrogen-bond donors (Lipinski definition) is 3. The predicted octanol–water partition coefficient (Wildman–Crippen LogP) is 2.80. The van der Waals surface area contributed by atoms with Crippen molar-refractivity contribution in [2.75, 3.05) is 5.32 Å². The van der Waals surface area contributed by atoms with Crippen molar-refractivity contribution in [3.05, 3.63) is 79.6 Å². The van der Waals surface area contributed by atoms with E-state index in [-0.39, 0.29) is 37.0 Å². The smallest absolute Gasteiger partial charge is 0.354 e. The van der Waals surface area contributed by atoms with Gasteiger partial charge in [0.2, 0.25) is 5.95 Å². The quantitative estimate of drug-likeness (QED) is 0.385. The Bertz CT molecular complexity index is 1360. The lowest BCUT2D eigenvalue weighted by Crippen LogP contribution is -2.44. The van der Waals surface area contributed by atoms with Gasteiger partial charge in [0.25, 0.3) is 0 Å². The van der Waals surface area contributed by atoms with Gasteiger partial charge in [0, 0.05) is 41.7 Å². The summed E-state index contributed by atoms with van der Waals surface area (Å²) >= 11 is 5.95. The molecule has 1 heterocycles. The van der Waals surface area contributed by atoms with E-state index in [1.807, 2.05) is 0 Å². The molecular formula is C24H25ClN4O6. The maximum atomic E-state index is 13.2. The van der Waals surface area contributed by atoms with E-state index < -0.39 is 23.3 Å². The lowest BCUT2D eigenvalue weighted by atomic mass is 10.1. The Morgan fingerprint density at radius 3 is 2.40 bits per heavy atom. The fourth-order valence-corrected chi connectivity index (χ4v) is 3.43. The molecule has 0 fully saturated rings. The number of Topliss-reactive ketones (excluding diaryl/α,β-unsaturated/α-hetero) is 1. The fourth-order valence-electron chi connectivity index (χ4n) is 3.31. The van der Waals surface area contributed by atoms with Gasteiger partial charge in [-0.25, -0.2) is 14.2 Å². The van der Waals surface area contributed by atoms with Gasteiger partial charge in [-0.2, -0.15) is 4.98 Å². The summed E-state index contributed by atoms with van der Waals surface area (Å²) in [5.41, 5.74) is -0.179. The number of hydrogen-bond acceptors (Lipinski definition) is 7. The first-order valence-corrected chi connectivity index (χ1v) is 11.3. The normalized spacial score (nSPS) is 11.7. The molecule has 3 N–H and O–H groups in total. The topological polar surface area (TPSA) is 144 Å². The lowest BCUT2D eigenvalue weighted by Gasteiger charge is -2.17. The van der Waals surface area contributed by atoms with Crippen LogP contribution in [0.2, 0.25) is 5.02 Å². The molecule has 184 valence electrons. The molecule has 0 spiro atoms. The van der Waals surface area contributed by atoms with Gasteiger partial charge in [-0.15, -0.1) is 0 Å². The summed E-state index contributed by atoms with van der Waals surface area (Å²) < 4.78 is 1.97. The number of rotatable bonds is 10. The number of aromatic hydroxyl groups is 1. The zero-order valence-corrected chi connectivity index (χ0v) is 20.0. The highest BCUT2D eigenvalue weighted by Gasteiger charge is 2.19. The number of phenols is 1. The second kappa shape index (κ2) is 11.0. The van der Waals surface area contributed by atoms with E-state index in [9.17, 15) is 29.4 Å². The van der Waals surface area contributed by atoms with Crippen LogP contribution in [0.3, 0.4) is 0 Å². The number of aromatic nitrogens is 3. The van der Waals surface area contributed by atoms with Crippen LogP contribution < -0.4 is 16.7 Å². The van der Waals surface area contributed by atoms with Crippen LogP contribution in [-0.4, -0.2) is 36.1 Å². The predicted molar refractivity (Wildman–Crippen MR) is 131 cm³/mol. The van der Waals surface area contributed by atoms with Gasteiger partial charge in [-0.05, 0) is 23.8 Å². The highest BCUT2D eigenvalue weighted by Crippen LogP contribution is 2.25. The van der Waals surface area contributed by atoms with Gasteiger partial charge in [0.05, 0.1) is 12.5 Å². The van der Waals surface area contributed by atoms with Crippen molar-refractivity contribution in [2.24, 2.45) is 5.92 Å². The van der Waals surface area contributed by atoms with Crippen molar-refractivity contribution in [3.8, 4) is 5.75 Å². The summed E-state index contributed by atoms with van der Waals surface area (Å²) in [5, 5.41) is 22.9. The molecule has 1 atom stereocenters. The zero-order valence-electron chi connectivity index (χ0n) is 19.2. The highest BCUT2D eigenvalue weighted by atomic mass is 35.5. The molecule has 35 heavy (non-hydrogen) atoms. The molecule has 0 aliphatic heterocycles. The Hall–Kier alpha value is -3.92. The Morgan fingerprint density at radius 2 is 1.80 bits per heavy atom. The molecule has 0 bridgehead atoms. The van der Waals surface area contributed by atoms with Crippen molar-refractivity contribution in [1.82, 2.24) is 14.1 Å². The minimum atomic E-state index is -1.15. The Morgan fingerprint density at radius 1 is 1.11 bits per heavy atom. The number of nitrogens with zero attached hydrogens (tertiary/aromatic N) is 3. The first-order valence-electron chi connectivity index (χ1n) is 10.9. The van der Waals surface area contributed by atoms with Gasteiger partial charge in [-0.1, -0.05) is 43.6 Å². The number of halogens is 1. The van der Waals surface area contributed by atoms with Crippen LogP contribution >= 0.6 is 11.6 Å².